The molecule has 0 aliphatic carbocycles. The summed E-state index contributed by atoms with van der Waals surface area (Å²) in [6.07, 6.45) is 7.35. The van der Waals surface area contributed by atoms with E-state index in [1.165, 1.54) is 12.8 Å². The van der Waals surface area contributed by atoms with E-state index in [4.69, 9.17) is 21.1 Å². The highest BCUT2D eigenvalue weighted by Crippen LogP contribution is 2.13. The van der Waals surface area contributed by atoms with Crippen LogP contribution in [0.3, 0.4) is 0 Å². The molecule has 3 heteroatoms. The Kier molecular flexibility index (Phi) is 8.61. The third-order valence-electron chi connectivity index (χ3n) is 2.48. The Morgan fingerprint density at radius 2 is 2.06 bits per heavy atom. The summed E-state index contributed by atoms with van der Waals surface area (Å²) in [5.41, 5.74) is 0. The SMILES string of the molecule is ClCCCCC#CCCOC1CCCCO1. The summed E-state index contributed by atoms with van der Waals surface area (Å²) in [4.78, 5) is 0. The molecule has 0 N–H and O–H groups in total. The van der Waals surface area contributed by atoms with E-state index in [9.17, 15) is 0 Å². The highest BCUT2D eigenvalue weighted by molar-refractivity contribution is 6.17. The second kappa shape index (κ2) is 9.96. The number of hydrogen-bond acceptors (Lipinski definition) is 2. The summed E-state index contributed by atoms with van der Waals surface area (Å²) < 4.78 is 11.0. The maximum Gasteiger partial charge on any atom is 0.157 e. The molecule has 1 fully saturated rings. The average Bonchev–Trinajstić information content (AvgIpc) is 2.34. The lowest BCUT2D eigenvalue weighted by Gasteiger charge is -2.22. The van der Waals surface area contributed by atoms with Crippen molar-refractivity contribution < 1.29 is 9.47 Å². The summed E-state index contributed by atoms with van der Waals surface area (Å²) in [7, 11) is 0. The van der Waals surface area contributed by atoms with Crippen molar-refractivity contribution in [1.29, 1.82) is 0 Å². The van der Waals surface area contributed by atoms with Gasteiger partial charge in [0.25, 0.3) is 0 Å². The summed E-state index contributed by atoms with van der Waals surface area (Å²) in [6.45, 7) is 1.53. The summed E-state index contributed by atoms with van der Waals surface area (Å²) >= 11 is 5.57. The van der Waals surface area contributed by atoms with E-state index in [2.05, 4.69) is 11.8 Å². The second-order valence-electron chi connectivity index (χ2n) is 3.92. The fourth-order valence-electron chi connectivity index (χ4n) is 1.57. The molecule has 1 heterocycles. The quantitative estimate of drug-likeness (QED) is 0.405. The molecule has 1 saturated heterocycles. The molecule has 2 nitrogen and oxygen atoms in total. The van der Waals surface area contributed by atoms with Crippen LogP contribution in [0.2, 0.25) is 0 Å². The molecule has 1 unspecified atom stereocenters. The predicted octanol–water partition coefficient (Wildman–Crippen LogP) is 3.33. The van der Waals surface area contributed by atoms with Crippen LogP contribution in [0, 0.1) is 11.8 Å². The normalized spacial score (nSPS) is 20.2. The van der Waals surface area contributed by atoms with Gasteiger partial charge in [0.1, 0.15) is 0 Å². The highest BCUT2D eigenvalue weighted by Gasteiger charge is 2.12. The zero-order chi connectivity index (χ0) is 11.5. The monoisotopic (exact) mass is 244 g/mol. The Bertz CT molecular complexity index is 214. The second-order valence-corrected chi connectivity index (χ2v) is 4.29. The molecule has 1 aliphatic heterocycles. The first-order valence-corrected chi connectivity index (χ1v) is 6.72. The Morgan fingerprint density at radius 1 is 1.19 bits per heavy atom. The van der Waals surface area contributed by atoms with E-state index < -0.39 is 0 Å². The number of halogens is 1. The zero-order valence-electron chi connectivity index (χ0n) is 9.84. The number of hydrogen-bond donors (Lipinski definition) is 0. The number of rotatable bonds is 6. The minimum atomic E-state index is 0.0202. The molecule has 0 amide bonds. The van der Waals surface area contributed by atoms with Crippen molar-refractivity contribution in [3.63, 3.8) is 0 Å². The first-order chi connectivity index (χ1) is 7.93. The van der Waals surface area contributed by atoms with Gasteiger partial charge in [0.2, 0.25) is 0 Å². The van der Waals surface area contributed by atoms with Crippen LogP contribution in [0.1, 0.15) is 44.9 Å². The van der Waals surface area contributed by atoms with Crippen molar-refractivity contribution in [3.8, 4) is 11.8 Å². The van der Waals surface area contributed by atoms with Crippen LogP contribution in [-0.2, 0) is 9.47 Å². The van der Waals surface area contributed by atoms with E-state index >= 15 is 0 Å². The minimum absolute atomic E-state index is 0.0202. The number of unbranched alkanes of at least 4 members (excludes halogenated alkanes) is 2. The Labute approximate surface area is 104 Å². The smallest absolute Gasteiger partial charge is 0.157 e. The van der Waals surface area contributed by atoms with Gasteiger partial charge in [-0.05, 0) is 32.1 Å². The molecule has 1 aliphatic rings. The van der Waals surface area contributed by atoms with E-state index in [1.807, 2.05) is 0 Å². The largest absolute Gasteiger partial charge is 0.353 e. The lowest BCUT2D eigenvalue weighted by atomic mass is 10.2. The van der Waals surface area contributed by atoms with Crippen molar-refractivity contribution >= 4 is 11.6 Å². The van der Waals surface area contributed by atoms with Gasteiger partial charge < -0.3 is 9.47 Å². The molecule has 0 aromatic heterocycles. The maximum absolute atomic E-state index is 5.57. The van der Waals surface area contributed by atoms with Gasteiger partial charge in [-0.2, -0.15) is 0 Å². The number of ether oxygens (including phenoxy) is 2. The van der Waals surface area contributed by atoms with Crippen LogP contribution >= 0.6 is 11.6 Å². The van der Waals surface area contributed by atoms with Crippen LogP contribution < -0.4 is 0 Å². The molecular weight excluding hydrogens is 224 g/mol. The molecule has 0 bridgehead atoms. The lowest BCUT2D eigenvalue weighted by molar-refractivity contribution is -0.161. The highest BCUT2D eigenvalue weighted by atomic mass is 35.5. The van der Waals surface area contributed by atoms with Gasteiger partial charge in [0.05, 0.1) is 6.61 Å². The van der Waals surface area contributed by atoms with Gasteiger partial charge in [-0.1, -0.05) is 0 Å². The van der Waals surface area contributed by atoms with E-state index in [1.54, 1.807) is 0 Å². The van der Waals surface area contributed by atoms with Gasteiger partial charge in [-0.3, -0.25) is 0 Å². The Balaban J connectivity index is 1.90. The van der Waals surface area contributed by atoms with Gasteiger partial charge in [0, 0.05) is 25.3 Å². The molecule has 0 radical (unpaired) electrons. The van der Waals surface area contributed by atoms with Crippen molar-refractivity contribution in [2.75, 3.05) is 19.1 Å². The standard InChI is InChI=1S/C13H21ClO2/c14-10-6-3-1-2-4-7-11-15-13-9-5-8-12-16-13/h13H,1,3,5-12H2. The van der Waals surface area contributed by atoms with Crippen LogP contribution in [0.4, 0.5) is 0 Å². The van der Waals surface area contributed by atoms with Crippen LogP contribution in [0.15, 0.2) is 0 Å². The fraction of sp³-hybridized carbons (Fsp3) is 0.846. The van der Waals surface area contributed by atoms with E-state index in [-0.39, 0.29) is 6.29 Å². The van der Waals surface area contributed by atoms with Crippen LogP contribution in [0.5, 0.6) is 0 Å². The summed E-state index contributed by atoms with van der Waals surface area (Å²) in [5, 5.41) is 0. The van der Waals surface area contributed by atoms with Crippen LogP contribution in [-0.4, -0.2) is 25.4 Å². The van der Waals surface area contributed by atoms with Gasteiger partial charge in [0.15, 0.2) is 6.29 Å². The predicted molar refractivity (Wildman–Crippen MR) is 66.5 cm³/mol. The maximum atomic E-state index is 5.57. The molecule has 0 aromatic carbocycles. The molecule has 0 saturated carbocycles. The van der Waals surface area contributed by atoms with Gasteiger partial charge in [-0.25, -0.2) is 0 Å². The molecule has 92 valence electrons. The zero-order valence-corrected chi connectivity index (χ0v) is 10.6. The summed E-state index contributed by atoms with van der Waals surface area (Å²) in [6, 6.07) is 0. The Morgan fingerprint density at radius 3 is 2.81 bits per heavy atom. The van der Waals surface area contributed by atoms with E-state index in [0.717, 1.165) is 44.6 Å². The lowest BCUT2D eigenvalue weighted by Crippen LogP contribution is -2.22. The number of alkyl halides is 1. The van der Waals surface area contributed by atoms with E-state index in [0.29, 0.717) is 6.61 Å². The van der Waals surface area contributed by atoms with Crippen molar-refractivity contribution in [1.82, 2.24) is 0 Å². The molecule has 1 atom stereocenters. The van der Waals surface area contributed by atoms with Gasteiger partial charge >= 0.3 is 0 Å². The first kappa shape index (κ1) is 13.8. The van der Waals surface area contributed by atoms with Crippen LogP contribution in [0.25, 0.3) is 0 Å². The Hall–Kier alpha value is -0.230. The minimum Gasteiger partial charge on any atom is -0.353 e. The fourth-order valence-corrected chi connectivity index (χ4v) is 1.76. The third kappa shape index (κ3) is 7.11. The molecular formula is C13H21ClO2. The van der Waals surface area contributed by atoms with Crippen molar-refractivity contribution in [3.05, 3.63) is 0 Å². The van der Waals surface area contributed by atoms with Crippen molar-refractivity contribution in [2.24, 2.45) is 0 Å². The third-order valence-corrected chi connectivity index (χ3v) is 2.75. The van der Waals surface area contributed by atoms with Crippen molar-refractivity contribution in [2.45, 2.75) is 51.2 Å². The topological polar surface area (TPSA) is 18.5 Å². The molecule has 0 aromatic rings. The molecule has 1 rings (SSSR count). The summed E-state index contributed by atoms with van der Waals surface area (Å²) in [5.74, 6) is 6.98. The van der Waals surface area contributed by atoms with Gasteiger partial charge in [-0.15, -0.1) is 23.4 Å². The average molecular weight is 245 g/mol. The first-order valence-electron chi connectivity index (χ1n) is 6.18. The molecule has 0 spiro atoms. The molecule has 16 heavy (non-hydrogen) atoms.